The number of carbonyl (C=O) groups excluding carboxylic acids is 2. The van der Waals surface area contributed by atoms with E-state index in [9.17, 15) is 14.0 Å². The van der Waals surface area contributed by atoms with Crippen molar-refractivity contribution >= 4 is 17.7 Å². The Morgan fingerprint density at radius 2 is 1.79 bits per heavy atom. The van der Waals surface area contributed by atoms with Crippen molar-refractivity contribution in [1.82, 2.24) is 10.6 Å². The van der Waals surface area contributed by atoms with Crippen LogP contribution in [0.5, 0.6) is 5.75 Å². The van der Waals surface area contributed by atoms with E-state index in [1.54, 1.807) is 57.4 Å². The molecule has 1 heterocycles. The topological polar surface area (TPSA) is 76.7 Å². The van der Waals surface area contributed by atoms with E-state index in [4.69, 9.17) is 9.47 Å². The molecule has 0 spiro atoms. The molecule has 0 saturated heterocycles. The summed E-state index contributed by atoms with van der Waals surface area (Å²) in [5.74, 6) is -0.540. The van der Waals surface area contributed by atoms with Gasteiger partial charge in [-0.05, 0) is 49.7 Å². The molecule has 1 aliphatic heterocycles. The lowest BCUT2D eigenvalue weighted by atomic mass is 9.92. The first-order chi connectivity index (χ1) is 13.4. The van der Waals surface area contributed by atoms with Gasteiger partial charge < -0.3 is 20.1 Å². The highest BCUT2D eigenvalue weighted by atomic mass is 19.1. The molecule has 0 aliphatic carbocycles. The summed E-state index contributed by atoms with van der Waals surface area (Å²) in [7, 11) is 1.54. The molecule has 6 nitrogen and oxygen atoms in total. The van der Waals surface area contributed by atoms with Crippen molar-refractivity contribution < 1.29 is 23.5 Å². The second kappa shape index (κ2) is 8.12. The summed E-state index contributed by atoms with van der Waals surface area (Å²) >= 11 is 0. The van der Waals surface area contributed by atoms with Crippen LogP contribution in [0.1, 0.15) is 31.0 Å². The second-order valence-corrected chi connectivity index (χ2v) is 6.52. The average Bonchev–Trinajstić information content (AvgIpc) is 2.67. The quantitative estimate of drug-likeness (QED) is 0.773. The van der Waals surface area contributed by atoms with Crippen LogP contribution in [0.2, 0.25) is 0 Å². The molecule has 0 fully saturated rings. The summed E-state index contributed by atoms with van der Waals surface area (Å²) in [5.41, 5.74) is 1.15. The molecule has 2 amide bonds. The fourth-order valence-corrected chi connectivity index (χ4v) is 2.99. The molecule has 0 saturated carbocycles. The number of hydrogen-bond acceptors (Lipinski definition) is 4. The third-order valence-corrected chi connectivity index (χ3v) is 4.23. The van der Waals surface area contributed by atoms with Crippen LogP contribution in [-0.2, 0) is 9.53 Å². The predicted octanol–water partition coefficient (Wildman–Crippen LogP) is 3.55. The lowest BCUT2D eigenvalue weighted by molar-refractivity contribution is -0.143. The van der Waals surface area contributed by atoms with E-state index in [1.807, 2.05) is 0 Å². The number of esters is 1. The van der Waals surface area contributed by atoms with Gasteiger partial charge in [0.25, 0.3) is 0 Å². The Balaban J connectivity index is 2.18. The van der Waals surface area contributed by atoms with Crippen molar-refractivity contribution in [3.05, 3.63) is 71.0 Å². The Hall–Kier alpha value is -3.35. The molecule has 1 aliphatic rings. The van der Waals surface area contributed by atoms with E-state index in [0.29, 0.717) is 11.3 Å². The second-order valence-electron chi connectivity index (χ2n) is 6.52. The van der Waals surface area contributed by atoms with Gasteiger partial charge in [-0.25, -0.2) is 14.0 Å². The van der Waals surface area contributed by atoms with Gasteiger partial charge in [0.15, 0.2) is 0 Å². The van der Waals surface area contributed by atoms with Crippen LogP contribution in [0.4, 0.5) is 9.18 Å². The number of hydrogen-bond donors (Lipinski definition) is 2. The largest absolute Gasteiger partial charge is 0.497 e. The van der Waals surface area contributed by atoms with Gasteiger partial charge in [0.05, 0.1) is 30.5 Å². The summed E-state index contributed by atoms with van der Waals surface area (Å²) in [6, 6.07) is 11.3. The molecule has 0 aromatic heterocycles. The van der Waals surface area contributed by atoms with E-state index >= 15 is 0 Å². The van der Waals surface area contributed by atoms with E-state index < -0.39 is 23.9 Å². The highest BCUT2D eigenvalue weighted by molar-refractivity contribution is 6.04. The van der Waals surface area contributed by atoms with Gasteiger partial charge in [0.2, 0.25) is 0 Å². The van der Waals surface area contributed by atoms with Crippen molar-refractivity contribution in [3.8, 4) is 5.75 Å². The van der Waals surface area contributed by atoms with Crippen molar-refractivity contribution in [1.29, 1.82) is 0 Å². The normalized spacial score (nSPS) is 16.5. The van der Waals surface area contributed by atoms with Gasteiger partial charge in [-0.3, -0.25) is 0 Å². The highest BCUT2D eigenvalue weighted by Gasteiger charge is 2.36. The van der Waals surface area contributed by atoms with E-state index in [2.05, 4.69) is 10.6 Å². The minimum Gasteiger partial charge on any atom is -0.497 e. The SMILES string of the molecule is COc1ccc(C2=C(C(=O)OC(C)C)C(c3ccccc3F)NC(=O)N2)cc1. The summed E-state index contributed by atoms with van der Waals surface area (Å²) in [6.07, 6.45) is -0.379. The maximum absolute atomic E-state index is 14.5. The number of halogens is 1. The molecular weight excluding hydrogens is 363 g/mol. The Kier molecular flexibility index (Phi) is 5.63. The molecule has 3 rings (SSSR count). The maximum Gasteiger partial charge on any atom is 0.338 e. The maximum atomic E-state index is 14.5. The first kappa shape index (κ1) is 19.4. The van der Waals surface area contributed by atoms with Crippen LogP contribution in [-0.4, -0.2) is 25.2 Å². The average molecular weight is 384 g/mol. The van der Waals surface area contributed by atoms with Gasteiger partial charge in [-0.15, -0.1) is 0 Å². The highest BCUT2D eigenvalue weighted by Crippen LogP contribution is 2.33. The lowest BCUT2D eigenvalue weighted by Crippen LogP contribution is -2.45. The summed E-state index contributed by atoms with van der Waals surface area (Å²) in [4.78, 5) is 25.2. The summed E-state index contributed by atoms with van der Waals surface area (Å²) in [5, 5.41) is 5.29. The lowest BCUT2D eigenvalue weighted by Gasteiger charge is -2.30. The first-order valence-corrected chi connectivity index (χ1v) is 8.82. The van der Waals surface area contributed by atoms with E-state index in [-0.39, 0.29) is 22.9 Å². The van der Waals surface area contributed by atoms with Crippen LogP contribution < -0.4 is 15.4 Å². The summed E-state index contributed by atoms with van der Waals surface area (Å²) < 4.78 is 25.0. The third-order valence-electron chi connectivity index (χ3n) is 4.23. The fraction of sp³-hybridized carbons (Fsp3) is 0.238. The van der Waals surface area contributed by atoms with E-state index in [0.717, 1.165) is 0 Å². The monoisotopic (exact) mass is 384 g/mol. The summed E-state index contributed by atoms with van der Waals surface area (Å²) in [6.45, 7) is 3.44. The van der Waals surface area contributed by atoms with Gasteiger partial charge in [-0.2, -0.15) is 0 Å². The fourth-order valence-electron chi connectivity index (χ4n) is 2.99. The zero-order valence-corrected chi connectivity index (χ0v) is 15.8. The van der Waals surface area contributed by atoms with Crippen molar-refractivity contribution in [2.24, 2.45) is 0 Å². The number of nitrogens with one attached hydrogen (secondary N) is 2. The van der Waals surface area contributed by atoms with Gasteiger partial charge in [-0.1, -0.05) is 18.2 Å². The molecule has 0 bridgehead atoms. The standard InChI is InChI=1S/C21H21FN2O4/c1-12(2)28-20(25)17-18(13-8-10-14(27-3)11-9-13)23-21(26)24-19(17)15-6-4-5-7-16(15)22/h4-12,19H,1-3H3,(H2,23,24,26). The number of benzene rings is 2. The third kappa shape index (κ3) is 3.98. The minimum atomic E-state index is -0.988. The van der Waals surface area contributed by atoms with Crippen LogP contribution in [0.15, 0.2) is 54.1 Å². The number of rotatable bonds is 5. The smallest absolute Gasteiger partial charge is 0.338 e. The van der Waals surface area contributed by atoms with E-state index in [1.165, 1.54) is 12.1 Å². The molecule has 2 N–H and O–H groups in total. The Morgan fingerprint density at radius 3 is 2.39 bits per heavy atom. The van der Waals surface area contributed by atoms with Gasteiger partial charge in [0.1, 0.15) is 11.6 Å². The van der Waals surface area contributed by atoms with Crippen LogP contribution in [0.25, 0.3) is 5.70 Å². The first-order valence-electron chi connectivity index (χ1n) is 8.82. The van der Waals surface area contributed by atoms with Crippen LogP contribution >= 0.6 is 0 Å². The molecule has 1 unspecified atom stereocenters. The van der Waals surface area contributed by atoms with Crippen molar-refractivity contribution in [2.45, 2.75) is 26.0 Å². The zero-order valence-electron chi connectivity index (χ0n) is 15.8. The molecule has 0 radical (unpaired) electrons. The van der Waals surface area contributed by atoms with Crippen LogP contribution in [0.3, 0.4) is 0 Å². The molecular formula is C21H21FN2O4. The predicted molar refractivity (Wildman–Crippen MR) is 102 cm³/mol. The molecule has 2 aromatic rings. The van der Waals surface area contributed by atoms with Crippen molar-refractivity contribution in [3.63, 3.8) is 0 Å². The molecule has 2 aromatic carbocycles. The van der Waals surface area contributed by atoms with Crippen LogP contribution in [0, 0.1) is 5.82 Å². The van der Waals surface area contributed by atoms with Gasteiger partial charge in [0, 0.05) is 5.56 Å². The minimum absolute atomic E-state index is 0.128. The molecule has 7 heteroatoms. The number of carbonyl (C=O) groups is 2. The van der Waals surface area contributed by atoms with Gasteiger partial charge >= 0.3 is 12.0 Å². The zero-order chi connectivity index (χ0) is 20.3. The number of ether oxygens (including phenoxy) is 2. The molecule has 1 atom stereocenters. The Labute approximate surface area is 162 Å². The Bertz CT molecular complexity index is 922. The number of amides is 2. The Morgan fingerprint density at radius 1 is 1.11 bits per heavy atom. The molecule has 28 heavy (non-hydrogen) atoms. The molecule has 146 valence electrons. The van der Waals surface area contributed by atoms with Crippen molar-refractivity contribution in [2.75, 3.05) is 7.11 Å². The number of methoxy groups -OCH3 is 1. The number of urea groups is 1.